The first kappa shape index (κ1) is 22.6. The predicted molar refractivity (Wildman–Crippen MR) is 123 cm³/mol. The maximum atomic E-state index is 5.75. The van der Waals surface area contributed by atoms with Crippen molar-refractivity contribution in [3.8, 4) is 5.82 Å². The molecule has 0 radical (unpaired) electrons. The van der Waals surface area contributed by atoms with E-state index in [1.807, 2.05) is 30.0 Å². The van der Waals surface area contributed by atoms with Gasteiger partial charge in [0.05, 0.1) is 12.6 Å². The Balaban J connectivity index is 0.00000280. The van der Waals surface area contributed by atoms with Crippen molar-refractivity contribution in [3.05, 3.63) is 42.1 Å². The van der Waals surface area contributed by atoms with Crippen molar-refractivity contribution in [1.29, 1.82) is 0 Å². The molecule has 3 rings (SSSR count). The number of pyridine rings is 1. The standard InChI is InChI=1S/C20H30N6O.HI/c1-4-21-20(25-11-8-18(9-12-25)27-5-2)24-15-17-6-7-19(23-14-17)26-13-10-22-16(26)3;/h6-7,10,13-14,18H,4-5,8-9,11-12,15H2,1-3H3,(H,21,24);1H. The zero-order valence-electron chi connectivity index (χ0n) is 17.0. The molecular formula is C20H31IN6O. The van der Waals surface area contributed by atoms with Crippen LogP contribution in [0, 0.1) is 6.92 Å². The summed E-state index contributed by atoms with van der Waals surface area (Å²) in [5.41, 5.74) is 1.09. The molecule has 8 heteroatoms. The normalized spacial score (nSPS) is 15.4. The number of rotatable bonds is 6. The van der Waals surface area contributed by atoms with Crippen molar-refractivity contribution < 1.29 is 4.74 Å². The van der Waals surface area contributed by atoms with Crippen LogP contribution in [0.1, 0.15) is 38.1 Å². The third-order valence-electron chi connectivity index (χ3n) is 4.77. The Labute approximate surface area is 184 Å². The van der Waals surface area contributed by atoms with Gasteiger partial charge >= 0.3 is 0 Å². The molecule has 28 heavy (non-hydrogen) atoms. The third kappa shape index (κ3) is 5.91. The van der Waals surface area contributed by atoms with Gasteiger partial charge in [-0.1, -0.05) is 6.07 Å². The lowest BCUT2D eigenvalue weighted by atomic mass is 10.1. The van der Waals surface area contributed by atoms with Gasteiger partial charge in [0.2, 0.25) is 0 Å². The second kappa shape index (κ2) is 11.4. The lowest BCUT2D eigenvalue weighted by molar-refractivity contribution is 0.0263. The van der Waals surface area contributed by atoms with Gasteiger partial charge in [0.1, 0.15) is 11.6 Å². The molecule has 0 unspecified atom stereocenters. The number of ether oxygens (including phenoxy) is 1. The Hall–Kier alpha value is -1.68. The second-order valence-corrected chi connectivity index (χ2v) is 6.68. The molecule has 1 saturated heterocycles. The molecule has 0 bridgehead atoms. The molecule has 0 amide bonds. The van der Waals surface area contributed by atoms with E-state index in [0.717, 1.165) is 62.2 Å². The second-order valence-electron chi connectivity index (χ2n) is 6.68. The smallest absolute Gasteiger partial charge is 0.194 e. The Bertz CT molecular complexity index is 737. The SMILES string of the molecule is CCNC(=NCc1ccc(-n2ccnc2C)nc1)N1CCC(OCC)CC1.I. The van der Waals surface area contributed by atoms with Crippen LogP contribution in [0.15, 0.2) is 35.7 Å². The number of guanidine groups is 1. The van der Waals surface area contributed by atoms with E-state index in [1.165, 1.54) is 0 Å². The molecule has 154 valence electrons. The van der Waals surface area contributed by atoms with Gasteiger partial charge < -0.3 is 15.0 Å². The monoisotopic (exact) mass is 498 g/mol. The number of hydrogen-bond donors (Lipinski definition) is 1. The highest BCUT2D eigenvalue weighted by atomic mass is 127. The minimum absolute atomic E-state index is 0. The first-order valence-electron chi connectivity index (χ1n) is 9.81. The van der Waals surface area contributed by atoms with Crippen LogP contribution in [0.25, 0.3) is 5.82 Å². The molecule has 1 N–H and O–H groups in total. The Morgan fingerprint density at radius 1 is 1.25 bits per heavy atom. The van der Waals surface area contributed by atoms with Gasteiger partial charge in [-0.2, -0.15) is 0 Å². The van der Waals surface area contributed by atoms with E-state index >= 15 is 0 Å². The van der Waals surface area contributed by atoms with Crippen molar-refractivity contribution in [2.24, 2.45) is 4.99 Å². The molecule has 1 fully saturated rings. The highest BCUT2D eigenvalue weighted by Gasteiger charge is 2.21. The zero-order chi connectivity index (χ0) is 19.1. The first-order valence-corrected chi connectivity index (χ1v) is 9.81. The van der Waals surface area contributed by atoms with Crippen LogP contribution in [0.3, 0.4) is 0 Å². The van der Waals surface area contributed by atoms with Crippen molar-refractivity contribution in [2.45, 2.75) is 46.3 Å². The predicted octanol–water partition coefficient (Wildman–Crippen LogP) is 3.16. The fourth-order valence-corrected chi connectivity index (χ4v) is 3.33. The van der Waals surface area contributed by atoms with Gasteiger partial charge in [-0.25, -0.2) is 15.0 Å². The number of hydrogen-bond acceptors (Lipinski definition) is 4. The van der Waals surface area contributed by atoms with E-state index < -0.39 is 0 Å². The van der Waals surface area contributed by atoms with E-state index in [2.05, 4.69) is 40.1 Å². The first-order chi connectivity index (χ1) is 13.2. The quantitative estimate of drug-likeness (QED) is 0.377. The van der Waals surface area contributed by atoms with Gasteiger partial charge in [0.25, 0.3) is 0 Å². The number of aliphatic imine (C=N–C) groups is 1. The van der Waals surface area contributed by atoms with E-state index in [0.29, 0.717) is 12.6 Å². The molecule has 0 atom stereocenters. The van der Waals surface area contributed by atoms with Crippen LogP contribution in [-0.2, 0) is 11.3 Å². The highest BCUT2D eigenvalue weighted by molar-refractivity contribution is 14.0. The summed E-state index contributed by atoms with van der Waals surface area (Å²) in [6, 6.07) is 4.09. The zero-order valence-corrected chi connectivity index (χ0v) is 19.3. The van der Waals surface area contributed by atoms with Crippen molar-refractivity contribution in [2.75, 3.05) is 26.2 Å². The summed E-state index contributed by atoms with van der Waals surface area (Å²) < 4.78 is 7.72. The molecule has 1 aliphatic heterocycles. The summed E-state index contributed by atoms with van der Waals surface area (Å²) in [6.45, 7) is 10.4. The fraction of sp³-hybridized carbons (Fsp3) is 0.550. The number of nitrogens with one attached hydrogen (secondary N) is 1. The van der Waals surface area contributed by atoms with Crippen LogP contribution in [0.4, 0.5) is 0 Å². The van der Waals surface area contributed by atoms with Gasteiger partial charge in [-0.15, -0.1) is 24.0 Å². The van der Waals surface area contributed by atoms with Crippen LogP contribution < -0.4 is 5.32 Å². The van der Waals surface area contributed by atoms with Crippen LogP contribution >= 0.6 is 24.0 Å². The molecule has 0 spiro atoms. The molecule has 7 nitrogen and oxygen atoms in total. The molecule has 0 saturated carbocycles. The maximum Gasteiger partial charge on any atom is 0.194 e. The summed E-state index contributed by atoms with van der Waals surface area (Å²) in [7, 11) is 0. The topological polar surface area (TPSA) is 67.6 Å². The Morgan fingerprint density at radius 2 is 2.04 bits per heavy atom. The fourth-order valence-electron chi connectivity index (χ4n) is 3.33. The molecule has 3 heterocycles. The van der Waals surface area contributed by atoms with Gasteiger partial charge in [0, 0.05) is 44.8 Å². The maximum absolute atomic E-state index is 5.75. The van der Waals surface area contributed by atoms with Crippen LogP contribution in [0.5, 0.6) is 0 Å². The molecular weight excluding hydrogens is 467 g/mol. The number of aromatic nitrogens is 3. The molecule has 0 aromatic carbocycles. The molecule has 2 aromatic heterocycles. The van der Waals surface area contributed by atoms with Gasteiger partial charge in [0.15, 0.2) is 5.96 Å². The van der Waals surface area contributed by atoms with Crippen molar-refractivity contribution in [1.82, 2.24) is 24.8 Å². The number of imidazole rings is 1. The highest BCUT2D eigenvalue weighted by Crippen LogP contribution is 2.14. The Morgan fingerprint density at radius 3 is 2.61 bits per heavy atom. The molecule has 0 aliphatic carbocycles. The lowest BCUT2D eigenvalue weighted by Crippen LogP contribution is -2.47. The molecule has 1 aliphatic rings. The van der Waals surface area contributed by atoms with Gasteiger partial charge in [-0.05, 0) is 45.2 Å². The van der Waals surface area contributed by atoms with Crippen LogP contribution in [-0.4, -0.2) is 57.7 Å². The molecule has 2 aromatic rings. The van der Waals surface area contributed by atoms with Gasteiger partial charge in [-0.3, -0.25) is 4.57 Å². The summed E-state index contributed by atoms with van der Waals surface area (Å²) >= 11 is 0. The lowest BCUT2D eigenvalue weighted by Gasteiger charge is -2.34. The van der Waals surface area contributed by atoms with E-state index in [9.17, 15) is 0 Å². The van der Waals surface area contributed by atoms with E-state index in [-0.39, 0.29) is 24.0 Å². The minimum atomic E-state index is 0. The summed E-state index contributed by atoms with van der Waals surface area (Å²) in [5, 5.41) is 3.41. The average Bonchev–Trinajstić information content (AvgIpc) is 3.12. The van der Waals surface area contributed by atoms with Crippen molar-refractivity contribution in [3.63, 3.8) is 0 Å². The summed E-state index contributed by atoms with van der Waals surface area (Å²) in [5.74, 6) is 2.78. The number of nitrogens with zero attached hydrogens (tertiary/aromatic N) is 5. The largest absolute Gasteiger partial charge is 0.378 e. The van der Waals surface area contributed by atoms with E-state index in [1.54, 1.807) is 6.20 Å². The number of piperidine rings is 1. The number of aryl methyl sites for hydroxylation is 1. The average molecular weight is 498 g/mol. The number of likely N-dealkylation sites (tertiary alicyclic amines) is 1. The minimum Gasteiger partial charge on any atom is -0.378 e. The van der Waals surface area contributed by atoms with E-state index in [4.69, 9.17) is 9.73 Å². The number of halogens is 1. The summed E-state index contributed by atoms with van der Waals surface area (Å²) in [6.07, 6.45) is 8.09. The third-order valence-corrected chi connectivity index (χ3v) is 4.77. The summed E-state index contributed by atoms with van der Waals surface area (Å²) in [4.78, 5) is 15.9. The van der Waals surface area contributed by atoms with Crippen molar-refractivity contribution >= 4 is 29.9 Å². The Kier molecular flexibility index (Phi) is 9.17. The van der Waals surface area contributed by atoms with Crippen LogP contribution in [0.2, 0.25) is 0 Å².